The molecule has 1 aliphatic rings. The summed E-state index contributed by atoms with van der Waals surface area (Å²) in [6.45, 7) is 4.20. The van der Waals surface area contributed by atoms with E-state index in [1.807, 2.05) is 30.3 Å². The molecule has 0 aromatic heterocycles. The molecule has 0 N–H and O–H groups in total. The van der Waals surface area contributed by atoms with Crippen molar-refractivity contribution in [3.05, 3.63) is 62.6 Å². The van der Waals surface area contributed by atoms with Gasteiger partial charge < -0.3 is 4.74 Å². The topological polar surface area (TPSA) is 9.23 Å². The number of hydrogen-bond acceptors (Lipinski definition) is 1. The second kappa shape index (κ2) is 5.49. The third kappa shape index (κ3) is 3.08. The Morgan fingerprint density at radius 1 is 1.14 bits per heavy atom. The van der Waals surface area contributed by atoms with Gasteiger partial charge in [-0.2, -0.15) is 0 Å². The molecule has 0 saturated heterocycles. The number of benzene rings is 2. The Morgan fingerprint density at radius 3 is 2.52 bits per heavy atom. The fourth-order valence-corrected chi connectivity index (χ4v) is 3.44. The molecular formula is C17H15BrCl2O. The SMILES string of the molecule is CC1(C)Cc2cc(C(Cl)c3ccc(Cl)c(Br)c3)ccc2O1. The standard InChI is InChI=1S/C17H15BrCl2O/c1-17(2)9-12-7-10(4-6-15(12)21-17)16(20)11-3-5-14(19)13(18)8-11/h3-8,16H,9H2,1-2H3. The fourth-order valence-electron chi connectivity index (χ4n) is 2.65. The summed E-state index contributed by atoms with van der Waals surface area (Å²) >= 11 is 16.1. The maximum atomic E-state index is 6.62. The van der Waals surface area contributed by atoms with Gasteiger partial charge >= 0.3 is 0 Å². The number of fused-ring (bicyclic) bond motifs is 1. The van der Waals surface area contributed by atoms with Crippen molar-refractivity contribution in [1.29, 1.82) is 0 Å². The normalized spacial score (nSPS) is 17.2. The second-order valence-electron chi connectivity index (χ2n) is 5.94. The molecule has 1 unspecified atom stereocenters. The zero-order valence-corrected chi connectivity index (χ0v) is 14.9. The predicted molar refractivity (Wildman–Crippen MR) is 91.7 cm³/mol. The Balaban J connectivity index is 1.93. The van der Waals surface area contributed by atoms with Gasteiger partial charge in [0.25, 0.3) is 0 Å². The van der Waals surface area contributed by atoms with Gasteiger partial charge in [-0.15, -0.1) is 11.6 Å². The zero-order chi connectivity index (χ0) is 15.2. The molecule has 0 amide bonds. The highest BCUT2D eigenvalue weighted by Gasteiger charge is 2.30. The van der Waals surface area contributed by atoms with Gasteiger partial charge in [-0.25, -0.2) is 0 Å². The van der Waals surface area contributed by atoms with Crippen molar-refractivity contribution in [2.45, 2.75) is 31.2 Å². The van der Waals surface area contributed by atoms with E-state index < -0.39 is 0 Å². The molecule has 1 nitrogen and oxygen atoms in total. The van der Waals surface area contributed by atoms with Crippen LogP contribution in [0.2, 0.25) is 5.02 Å². The van der Waals surface area contributed by atoms with Crippen LogP contribution in [0.4, 0.5) is 0 Å². The van der Waals surface area contributed by atoms with Crippen LogP contribution in [0.25, 0.3) is 0 Å². The van der Waals surface area contributed by atoms with E-state index in [9.17, 15) is 0 Å². The molecule has 0 spiro atoms. The van der Waals surface area contributed by atoms with E-state index in [4.69, 9.17) is 27.9 Å². The Morgan fingerprint density at radius 2 is 1.81 bits per heavy atom. The molecule has 0 aliphatic carbocycles. The van der Waals surface area contributed by atoms with E-state index in [2.05, 4.69) is 35.8 Å². The van der Waals surface area contributed by atoms with Crippen LogP contribution in [0.5, 0.6) is 5.75 Å². The Bertz CT molecular complexity index is 697. The van der Waals surface area contributed by atoms with Crippen LogP contribution in [0.15, 0.2) is 40.9 Å². The van der Waals surface area contributed by atoms with E-state index in [0.717, 1.165) is 27.8 Å². The van der Waals surface area contributed by atoms with E-state index >= 15 is 0 Å². The van der Waals surface area contributed by atoms with Gasteiger partial charge in [-0.3, -0.25) is 0 Å². The number of rotatable bonds is 2. The molecule has 2 aromatic carbocycles. The number of ether oxygens (including phenoxy) is 1. The first kappa shape index (κ1) is 15.2. The summed E-state index contributed by atoms with van der Waals surface area (Å²) in [6.07, 6.45) is 0.907. The minimum atomic E-state index is -0.201. The molecule has 1 atom stereocenters. The summed E-state index contributed by atoms with van der Waals surface area (Å²) in [6, 6.07) is 12.0. The predicted octanol–water partition coefficient (Wildman–Crippen LogP) is 6.14. The monoisotopic (exact) mass is 384 g/mol. The maximum Gasteiger partial charge on any atom is 0.123 e. The molecule has 0 bridgehead atoms. The number of alkyl halides is 1. The molecule has 0 saturated carbocycles. The first-order valence-corrected chi connectivity index (χ1v) is 8.37. The van der Waals surface area contributed by atoms with Crippen LogP contribution in [0.1, 0.15) is 35.9 Å². The van der Waals surface area contributed by atoms with Gasteiger partial charge in [0.15, 0.2) is 0 Å². The summed E-state index contributed by atoms with van der Waals surface area (Å²) in [5, 5.41) is 0.485. The summed E-state index contributed by atoms with van der Waals surface area (Å²) < 4.78 is 6.76. The second-order valence-corrected chi connectivity index (χ2v) is 7.64. The van der Waals surface area contributed by atoms with Crippen molar-refractivity contribution in [2.24, 2.45) is 0 Å². The fraction of sp³-hybridized carbons (Fsp3) is 0.294. The molecule has 3 rings (SSSR count). The van der Waals surface area contributed by atoms with Crippen molar-refractivity contribution in [3.8, 4) is 5.75 Å². The van der Waals surface area contributed by atoms with E-state index in [1.54, 1.807) is 0 Å². The average Bonchev–Trinajstić information content (AvgIpc) is 2.73. The summed E-state index contributed by atoms with van der Waals surface area (Å²) in [5.74, 6) is 0.963. The van der Waals surface area contributed by atoms with Crippen molar-refractivity contribution >= 4 is 39.1 Å². The zero-order valence-electron chi connectivity index (χ0n) is 11.8. The van der Waals surface area contributed by atoms with Gasteiger partial charge in [0.2, 0.25) is 0 Å². The molecule has 0 fully saturated rings. The van der Waals surface area contributed by atoms with Crippen LogP contribution in [-0.4, -0.2) is 5.60 Å². The minimum absolute atomic E-state index is 0.133. The van der Waals surface area contributed by atoms with Crippen LogP contribution in [0, 0.1) is 0 Å². The highest BCUT2D eigenvalue weighted by Crippen LogP contribution is 2.39. The Hall–Kier alpha value is -0.700. The van der Waals surface area contributed by atoms with Crippen molar-refractivity contribution in [1.82, 2.24) is 0 Å². The first-order valence-electron chi connectivity index (χ1n) is 6.76. The summed E-state index contributed by atoms with van der Waals surface area (Å²) in [4.78, 5) is 0. The third-order valence-electron chi connectivity index (χ3n) is 3.62. The maximum absolute atomic E-state index is 6.62. The molecule has 1 heterocycles. The van der Waals surface area contributed by atoms with Crippen LogP contribution in [0.3, 0.4) is 0 Å². The minimum Gasteiger partial charge on any atom is -0.487 e. The van der Waals surface area contributed by atoms with Crippen LogP contribution in [-0.2, 0) is 6.42 Å². The average molecular weight is 386 g/mol. The largest absolute Gasteiger partial charge is 0.487 e. The highest BCUT2D eigenvalue weighted by molar-refractivity contribution is 9.10. The van der Waals surface area contributed by atoms with Crippen LogP contribution >= 0.6 is 39.1 Å². The van der Waals surface area contributed by atoms with Gasteiger partial charge in [0, 0.05) is 10.9 Å². The van der Waals surface area contributed by atoms with Crippen LogP contribution < -0.4 is 4.74 Å². The van der Waals surface area contributed by atoms with Gasteiger partial charge in [-0.1, -0.05) is 29.8 Å². The van der Waals surface area contributed by atoms with Crippen molar-refractivity contribution in [3.63, 3.8) is 0 Å². The summed E-state index contributed by atoms with van der Waals surface area (Å²) in [7, 11) is 0. The van der Waals surface area contributed by atoms with Crippen molar-refractivity contribution in [2.75, 3.05) is 0 Å². The lowest BCUT2D eigenvalue weighted by molar-refractivity contribution is 0.138. The van der Waals surface area contributed by atoms with E-state index in [1.165, 1.54) is 5.56 Å². The lowest BCUT2D eigenvalue weighted by Gasteiger charge is -2.16. The van der Waals surface area contributed by atoms with Crippen molar-refractivity contribution < 1.29 is 4.74 Å². The molecular weight excluding hydrogens is 371 g/mol. The molecule has 1 aliphatic heterocycles. The Kier molecular flexibility index (Phi) is 3.98. The lowest BCUT2D eigenvalue weighted by Crippen LogP contribution is -2.24. The Labute approximate surface area is 143 Å². The van der Waals surface area contributed by atoms with E-state index in [-0.39, 0.29) is 11.0 Å². The molecule has 0 radical (unpaired) electrons. The first-order chi connectivity index (χ1) is 9.85. The lowest BCUT2D eigenvalue weighted by atomic mass is 9.97. The third-order valence-corrected chi connectivity index (χ3v) is 5.33. The van der Waals surface area contributed by atoms with Gasteiger partial charge in [-0.05, 0) is 64.7 Å². The summed E-state index contributed by atoms with van der Waals surface area (Å²) in [5.41, 5.74) is 3.18. The number of hydrogen-bond donors (Lipinski definition) is 0. The van der Waals surface area contributed by atoms with Gasteiger partial charge in [0.1, 0.15) is 11.4 Å². The molecule has 4 heteroatoms. The molecule has 110 valence electrons. The molecule has 2 aromatic rings. The molecule has 21 heavy (non-hydrogen) atoms. The number of halogens is 3. The smallest absolute Gasteiger partial charge is 0.123 e. The van der Waals surface area contributed by atoms with Gasteiger partial charge in [0.05, 0.1) is 10.4 Å². The quantitative estimate of drug-likeness (QED) is 0.563. The van der Waals surface area contributed by atoms with E-state index in [0.29, 0.717) is 5.02 Å². The highest BCUT2D eigenvalue weighted by atomic mass is 79.9.